The standard InChI is InChI=1S/C56H70O32/c1-74-28-14-24(6-10-27(28)61)7-12-38(63)83-50-35(21-59)87-56(23-60,52(50)84-39(64)13-9-26-17-31(77-4)41(66)32(18-26)78-5)88-55-51(45(70)43(68)36(82-55)22-79-37(62)11-8-25-15-29(75-2)40(65)30(16-25)76-3)86-54-48(73)46(71)49(34(20-58)81-54)85-53-47(72)44(69)42(67)33(19-57)80-53/h6-18,33-36,42-55,57-61,65-73H,19-23H2,1-5H3/b11-8+,12-7+,13-9+/t33-,34-,35-,36-,42-,43-,44+,45+,46-,47-,48-,49-,50-,51-,52+,53+,54+,55-,56+/m1/s1. The molecule has 7 rings (SSSR count). The van der Waals surface area contributed by atoms with Crippen LogP contribution in [0.1, 0.15) is 16.7 Å². The van der Waals surface area contributed by atoms with Crippen molar-refractivity contribution >= 4 is 36.1 Å². The van der Waals surface area contributed by atoms with Gasteiger partial charge in [-0.2, -0.15) is 0 Å². The summed E-state index contributed by atoms with van der Waals surface area (Å²) in [7, 11) is 6.32. The summed E-state index contributed by atoms with van der Waals surface area (Å²) in [6.45, 7) is -5.43. The average Bonchev–Trinajstić information content (AvgIpc) is 2.37. The van der Waals surface area contributed by atoms with Crippen molar-refractivity contribution in [2.24, 2.45) is 0 Å². The molecule has 14 N–H and O–H groups in total. The third-order valence-corrected chi connectivity index (χ3v) is 14.4. The first kappa shape index (κ1) is 68.5. The monoisotopic (exact) mass is 1250 g/mol. The molecular weight excluding hydrogens is 1180 g/mol. The van der Waals surface area contributed by atoms with Crippen LogP contribution in [0.4, 0.5) is 0 Å². The van der Waals surface area contributed by atoms with Crippen LogP contribution in [0.2, 0.25) is 0 Å². The van der Waals surface area contributed by atoms with Gasteiger partial charge >= 0.3 is 17.9 Å². The molecule has 0 saturated carbocycles. The number of hydrogen-bond donors (Lipinski definition) is 14. The molecule has 0 radical (unpaired) electrons. The maximum absolute atomic E-state index is 14.0. The van der Waals surface area contributed by atoms with Crippen LogP contribution in [0.15, 0.2) is 60.7 Å². The van der Waals surface area contributed by atoms with Crippen LogP contribution in [-0.2, 0) is 61.8 Å². The van der Waals surface area contributed by atoms with Crippen LogP contribution in [0, 0.1) is 0 Å². The molecule has 3 aromatic carbocycles. The maximum Gasteiger partial charge on any atom is 0.331 e. The zero-order chi connectivity index (χ0) is 64.3. The second-order valence-electron chi connectivity index (χ2n) is 19.9. The molecule has 32 heteroatoms. The van der Waals surface area contributed by atoms with Crippen molar-refractivity contribution < 1.29 is 157 Å². The molecule has 32 nitrogen and oxygen atoms in total. The van der Waals surface area contributed by atoms with E-state index in [-0.39, 0.29) is 57.1 Å². The minimum Gasteiger partial charge on any atom is -0.504 e. The normalized spacial score (nSPS) is 32.5. The zero-order valence-electron chi connectivity index (χ0n) is 47.5. The summed E-state index contributed by atoms with van der Waals surface area (Å²) in [6, 6.07) is 9.35. The lowest BCUT2D eigenvalue weighted by Crippen LogP contribution is -2.67. The van der Waals surface area contributed by atoms with Crippen molar-refractivity contribution in [1.82, 2.24) is 0 Å². The Morgan fingerprint density at radius 1 is 0.477 bits per heavy atom. The lowest BCUT2D eigenvalue weighted by molar-refractivity contribution is -0.412. The van der Waals surface area contributed by atoms with E-state index in [1.54, 1.807) is 0 Å². The fraction of sp³-hybridized carbons (Fsp3) is 0.518. The van der Waals surface area contributed by atoms with Gasteiger partial charge in [0, 0.05) is 18.2 Å². The van der Waals surface area contributed by atoms with Crippen LogP contribution >= 0.6 is 0 Å². The molecule has 19 atom stereocenters. The third-order valence-electron chi connectivity index (χ3n) is 14.4. The molecule has 4 aliphatic heterocycles. The average molecular weight is 1260 g/mol. The summed E-state index contributed by atoms with van der Waals surface area (Å²) in [5, 5.41) is 152. The highest BCUT2D eigenvalue weighted by molar-refractivity contribution is 5.89. The molecule has 0 amide bonds. The molecule has 3 aromatic rings. The van der Waals surface area contributed by atoms with E-state index >= 15 is 0 Å². The number of ether oxygens (including phenoxy) is 15. The van der Waals surface area contributed by atoms with Gasteiger partial charge in [0.05, 0.1) is 55.4 Å². The molecule has 0 aliphatic carbocycles. The van der Waals surface area contributed by atoms with Gasteiger partial charge in [0.25, 0.3) is 0 Å². The molecular formula is C56H70O32. The molecule has 4 fully saturated rings. The van der Waals surface area contributed by atoms with Crippen molar-refractivity contribution in [3.05, 3.63) is 77.4 Å². The molecule has 0 unspecified atom stereocenters. The molecule has 0 aromatic heterocycles. The molecule has 4 aliphatic rings. The quantitative estimate of drug-likeness (QED) is 0.0220. The van der Waals surface area contributed by atoms with Gasteiger partial charge in [-0.1, -0.05) is 6.07 Å². The van der Waals surface area contributed by atoms with Gasteiger partial charge in [0.2, 0.25) is 17.3 Å². The molecule has 486 valence electrons. The van der Waals surface area contributed by atoms with Gasteiger partial charge in [-0.05, 0) is 71.3 Å². The summed E-state index contributed by atoms with van der Waals surface area (Å²) < 4.78 is 84.1. The Balaban J connectivity index is 1.24. The van der Waals surface area contributed by atoms with Gasteiger partial charge < -0.3 is 143 Å². The fourth-order valence-electron chi connectivity index (χ4n) is 9.69. The molecule has 0 bridgehead atoms. The van der Waals surface area contributed by atoms with E-state index < -0.39 is 167 Å². The Morgan fingerprint density at radius 3 is 1.44 bits per heavy atom. The Bertz CT molecular complexity index is 2880. The summed E-state index contributed by atoms with van der Waals surface area (Å²) in [5.41, 5.74) is 0.751. The number of hydrogen-bond acceptors (Lipinski definition) is 32. The highest BCUT2D eigenvalue weighted by atomic mass is 16.8. The largest absolute Gasteiger partial charge is 0.504 e. The number of esters is 3. The lowest BCUT2D eigenvalue weighted by Gasteiger charge is -2.49. The Kier molecular flexibility index (Phi) is 23.7. The van der Waals surface area contributed by atoms with E-state index in [0.29, 0.717) is 5.56 Å². The van der Waals surface area contributed by atoms with Gasteiger partial charge in [-0.25, -0.2) is 14.4 Å². The second-order valence-corrected chi connectivity index (χ2v) is 19.9. The first-order valence-electron chi connectivity index (χ1n) is 26.7. The third kappa shape index (κ3) is 15.3. The minimum absolute atomic E-state index is 0.0215. The van der Waals surface area contributed by atoms with E-state index in [1.807, 2.05) is 0 Å². The number of methoxy groups -OCH3 is 5. The van der Waals surface area contributed by atoms with Crippen molar-refractivity contribution in [3.8, 4) is 46.0 Å². The van der Waals surface area contributed by atoms with Crippen molar-refractivity contribution in [3.63, 3.8) is 0 Å². The number of carbonyl (C=O) groups is 3. The van der Waals surface area contributed by atoms with Crippen molar-refractivity contribution in [2.45, 2.75) is 116 Å². The predicted octanol–water partition coefficient (Wildman–Crippen LogP) is -3.79. The number of aromatic hydroxyl groups is 3. The van der Waals surface area contributed by atoms with Gasteiger partial charge in [0.15, 0.2) is 65.6 Å². The number of phenolic OH excluding ortho intramolecular Hbond substituents is 3. The van der Waals surface area contributed by atoms with E-state index in [9.17, 15) is 85.9 Å². The minimum atomic E-state index is -2.94. The number of aliphatic hydroxyl groups excluding tert-OH is 11. The Hall–Kier alpha value is -7.03. The molecule has 0 spiro atoms. The smallest absolute Gasteiger partial charge is 0.331 e. The second kappa shape index (κ2) is 30.5. The maximum atomic E-state index is 14.0. The summed E-state index contributed by atoms with van der Waals surface area (Å²) >= 11 is 0. The molecule has 88 heavy (non-hydrogen) atoms. The SMILES string of the molecule is COc1cc(/C=C/C(=O)O[C@@H]2[C@@H](CO)O[C@@](CO)(O[C@H]3O[C@H](COC(=O)/C=C/c4cc(OC)c(O)c(OC)c4)[C@@H](O)[C@H](O)[C@H]3O[C@@H]3O[C@H](CO)[C@@H](O[C@@H]4O[C@H](CO)[C@@H](O)[C@H](O)[C@H]4O)[C@H](O)[C@H]3O)[C@H]2OC(=O)/C=C/c2cc(OC)c(O)c(OC)c2)ccc1O. The van der Waals surface area contributed by atoms with Crippen LogP contribution in [0.25, 0.3) is 18.2 Å². The number of benzene rings is 3. The van der Waals surface area contributed by atoms with Gasteiger partial charge in [-0.15, -0.1) is 0 Å². The topological polar surface area (TPSA) is 473 Å². The Morgan fingerprint density at radius 2 is 0.920 bits per heavy atom. The highest BCUT2D eigenvalue weighted by Gasteiger charge is 2.63. The summed E-state index contributed by atoms with van der Waals surface area (Å²) in [6.07, 6.45) is -30.5. The van der Waals surface area contributed by atoms with Crippen LogP contribution < -0.4 is 23.7 Å². The van der Waals surface area contributed by atoms with E-state index in [4.69, 9.17) is 71.1 Å². The number of phenols is 3. The van der Waals surface area contributed by atoms with E-state index in [2.05, 4.69) is 0 Å². The number of carbonyl (C=O) groups excluding carboxylic acids is 3. The van der Waals surface area contributed by atoms with Gasteiger partial charge in [-0.3, -0.25) is 0 Å². The van der Waals surface area contributed by atoms with E-state index in [0.717, 1.165) is 24.3 Å². The van der Waals surface area contributed by atoms with Crippen LogP contribution in [0.5, 0.6) is 46.0 Å². The van der Waals surface area contributed by atoms with Crippen LogP contribution in [-0.4, -0.2) is 274 Å². The summed E-state index contributed by atoms with van der Waals surface area (Å²) in [5.74, 6) is -7.65. The van der Waals surface area contributed by atoms with E-state index in [1.165, 1.54) is 90.2 Å². The first-order valence-corrected chi connectivity index (χ1v) is 26.7. The van der Waals surface area contributed by atoms with Crippen molar-refractivity contribution in [2.75, 3.05) is 68.6 Å². The number of aliphatic hydroxyl groups is 11. The van der Waals surface area contributed by atoms with Crippen molar-refractivity contribution in [1.29, 1.82) is 0 Å². The molecule has 4 heterocycles. The predicted molar refractivity (Wildman–Crippen MR) is 290 cm³/mol. The lowest BCUT2D eigenvalue weighted by atomic mass is 9.96. The summed E-state index contributed by atoms with van der Waals surface area (Å²) in [4.78, 5) is 41.0. The first-order chi connectivity index (χ1) is 42.0. The Labute approximate surface area is 500 Å². The van der Waals surface area contributed by atoms with Gasteiger partial charge in [0.1, 0.15) is 92.6 Å². The highest BCUT2D eigenvalue weighted by Crippen LogP contribution is 2.43. The zero-order valence-corrected chi connectivity index (χ0v) is 47.5. The van der Waals surface area contributed by atoms with Crippen LogP contribution in [0.3, 0.4) is 0 Å². The number of rotatable bonds is 25. The molecule has 4 saturated heterocycles. The fourth-order valence-corrected chi connectivity index (χ4v) is 9.69.